The fourth-order valence-electron chi connectivity index (χ4n) is 3.66. The molecule has 2 heteroatoms. The molecule has 0 amide bonds. The molecule has 0 aliphatic carbocycles. The van der Waals surface area contributed by atoms with Gasteiger partial charge in [0.1, 0.15) is 17.6 Å². The smallest absolute Gasteiger partial charge is 0.126 e. The fourth-order valence-corrected chi connectivity index (χ4v) is 3.66. The molecule has 0 saturated heterocycles. The third kappa shape index (κ3) is 4.71. The molecular formula is C25H26O2. The van der Waals surface area contributed by atoms with Crippen LogP contribution in [0.15, 0.2) is 78.9 Å². The molecule has 2 nitrogen and oxygen atoms in total. The Hall–Kier alpha value is -2.74. The van der Waals surface area contributed by atoms with Gasteiger partial charge in [0, 0.05) is 6.07 Å². The van der Waals surface area contributed by atoms with E-state index in [1.54, 1.807) is 0 Å². The Bertz CT molecular complexity index is 843. The van der Waals surface area contributed by atoms with Crippen LogP contribution in [0, 0.1) is 0 Å². The summed E-state index contributed by atoms with van der Waals surface area (Å²) in [5, 5.41) is 0. The number of benzene rings is 3. The molecule has 3 aromatic rings. The average Bonchev–Trinajstić information content (AvgIpc) is 2.74. The summed E-state index contributed by atoms with van der Waals surface area (Å²) in [5.41, 5.74) is 3.89. The van der Waals surface area contributed by atoms with E-state index in [2.05, 4.69) is 78.9 Å². The minimum atomic E-state index is 0.0524. The van der Waals surface area contributed by atoms with E-state index in [4.69, 9.17) is 9.47 Å². The zero-order valence-electron chi connectivity index (χ0n) is 15.6. The third-order valence-electron chi connectivity index (χ3n) is 5.11. The molecule has 1 atom stereocenters. The molecule has 4 rings (SSSR count). The Morgan fingerprint density at radius 1 is 0.889 bits per heavy atom. The summed E-state index contributed by atoms with van der Waals surface area (Å²) in [5.74, 6) is 1.87. The Kier molecular flexibility index (Phi) is 5.73. The topological polar surface area (TPSA) is 18.5 Å². The summed E-state index contributed by atoms with van der Waals surface area (Å²) in [6.07, 6.45) is 5.38. The Morgan fingerprint density at radius 3 is 2.48 bits per heavy atom. The van der Waals surface area contributed by atoms with E-state index in [0.29, 0.717) is 0 Å². The van der Waals surface area contributed by atoms with Crippen molar-refractivity contribution in [1.29, 1.82) is 0 Å². The standard InChI is InChI=1S/C25H26O2/c1-3-9-20(10-4-1)11-7-15-24(21-12-5-2-6-13-21)27-23-17-16-22-14-8-18-26-25(22)19-23/h1-6,9-10,12-13,16-17,19,24H,7-8,11,14-15,18H2. The molecule has 0 saturated carbocycles. The lowest BCUT2D eigenvalue weighted by atomic mass is 10.0. The highest BCUT2D eigenvalue weighted by Crippen LogP contribution is 2.32. The van der Waals surface area contributed by atoms with E-state index in [9.17, 15) is 0 Å². The largest absolute Gasteiger partial charge is 0.493 e. The average molecular weight is 358 g/mol. The van der Waals surface area contributed by atoms with Crippen molar-refractivity contribution < 1.29 is 9.47 Å². The number of aryl methyl sites for hydroxylation is 2. The zero-order valence-corrected chi connectivity index (χ0v) is 15.6. The summed E-state index contributed by atoms with van der Waals surface area (Å²) >= 11 is 0. The van der Waals surface area contributed by atoms with Crippen LogP contribution in [-0.4, -0.2) is 6.61 Å². The predicted molar refractivity (Wildman–Crippen MR) is 109 cm³/mol. The first kappa shape index (κ1) is 17.7. The van der Waals surface area contributed by atoms with Crippen LogP contribution in [-0.2, 0) is 12.8 Å². The summed E-state index contributed by atoms with van der Waals surface area (Å²) < 4.78 is 12.2. The summed E-state index contributed by atoms with van der Waals surface area (Å²) in [6, 6.07) is 27.5. The highest BCUT2D eigenvalue weighted by Gasteiger charge is 2.16. The van der Waals surface area contributed by atoms with E-state index >= 15 is 0 Å². The second-order valence-electron chi connectivity index (χ2n) is 7.12. The first-order chi connectivity index (χ1) is 13.4. The molecule has 1 aliphatic rings. The van der Waals surface area contributed by atoms with Gasteiger partial charge in [0.25, 0.3) is 0 Å². The van der Waals surface area contributed by atoms with Crippen molar-refractivity contribution >= 4 is 0 Å². The van der Waals surface area contributed by atoms with Crippen LogP contribution >= 0.6 is 0 Å². The van der Waals surface area contributed by atoms with Gasteiger partial charge in [0.05, 0.1) is 6.61 Å². The minimum absolute atomic E-state index is 0.0524. The van der Waals surface area contributed by atoms with Crippen LogP contribution in [0.1, 0.15) is 42.1 Å². The van der Waals surface area contributed by atoms with Crippen LogP contribution in [0.5, 0.6) is 11.5 Å². The van der Waals surface area contributed by atoms with Gasteiger partial charge in [0.15, 0.2) is 0 Å². The number of hydrogen-bond acceptors (Lipinski definition) is 2. The lowest BCUT2D eigenvalue weighted by Crippen LogP contribution is -2.11. The van der Waals surface area contributed by atoms with Gasteiger partial charge in [-0.2, -0.15) is 0 Å². The van der Waals surface area contributed by atoms with Gasteiger partial charge in [-0.15, -0.1) is 0 Å². The molecular weight excluding hydrogens is 332 g/mol. The quantitative estimate of drug-likeness (QED) is 0.504. The summed E-state index contributed by atoms with van der Waals surface area (Å²) in [7, 11) is 0. The molecule has 0 fully saturated rings. The lowest BCUT2D eigenvalue weighted by Gasteiger charge is -2.22. The van der Waals surface area contributed by atoms with Gasteiger partial charge in [-0.25, -0.2) is 0 Å². The zero-order chi connectivity index (χ0) is 18.3. The van der Waals surface area contributed by atoms with E-state index in [1.165, 1.54) is 16.7 Å². The second kappa shape index (κ2) is 8.77. The summed E-state index contributed by atoms with van der Waals surface area (Å²) in [6.45, 7) is 0.801. The molecule has 138 valence electrons. The van der Waals surface area contributed by atoms with Crippen molar-refractivity contribution in [2.24, 2.45) is 0 Å². The fraction of sp³-hybridized carbons (Fsp3) is 0.280. The molecule has 0 radical (unpaired) electrons. The van der Waals surface area contributed by atoms with Crippen molar-refractivity contribution in [2.45, 2.75) is 38.2 Å². The van der Waals surface area contributed by atoms with Gasteiger partial charge >= 0.3 is 0 Å². The molecule has 1 heterocycles. The number of hydrogen-bond donors (Lipinski definition) is 0. The molecule has 27 heavy (non-hydrogen) atoms. The molecule has 1 aliphatic heterocycles. The van der Waals surface area contributed by atoms with E-state index in [0.717, 1.165) is 50.2 Å². The number of fused-ring (bicyclic) bond motifs is 1. The van der Waals surface area contributed by atoms with Gasteiger partial charge in [-0.1, -0.05) is 66.7 Å². The first-order valence-corrected chi connectivity index (χ1v) is 9.90. The monoisotopic (exact) mass is 358 g/mol. The van der Waals surface area contributed by atoms with E-state index in [-0.39, 0.29) is 6.10 Å². The first-order valence-electron chi connectivity index (χ1n) is 9.90. The lowest BCUT2D eigenvalue weighted by molar-refractivity contribution is 0.190. The minimum Gasteiger partial charge on any atom is -0.493 e. The van der Waals surface area contributed by atoms with E-state index in [1.807, 2.05) is 0 Å². The SMILES string of the molecule is c1ccc(CCCC(Oc2ccc3c(c2)OCCC3)c2ccccc2)cc1. The second-order valence-corrected chi connectivity index (χ2v) is 7.12. The molecule has 0 bridgehead atoms. The Morgan fingerprint density at radius 2 is 1.67 bits per heavy atom. The normalized spacial score (nSPS) is 14.1. The number of rotatable bonds is 7. The van der Waals surface area contributed by atoms with Crippen molar-refractivity contribution in [1.82, 2.24) is 0 Å². The van der Waals surface area contributed by atoms with E-state index < -0.39 is 0 Å². The molecule has 1 unspecified atom stereocenters. The van der Waals surface area contributed by atoms with Crippen LogP contribution in [0.4, 0.5) is 0 Å². The molecule has 3 aromatic carbocycles. The van der Waals surface area contributed by atoms with Crippen LogP contribution < -0.4 is 9.47 Å². The maximum Gasteiger partial charge on any atom is 0.126 e. The van der Waals surface area contributed by atoms with Gasteiger partial charge < -0.3 is 9.47 Å². The van der Waals surface area contributed by atoms with Gasteiger partial charge in [-0.05, 0) is 54.9 Å². The highest BCUT2D eigenvalue weighted by molar-refractivity contribution is 5.42. The van der Waals surface area contributed by atoms with Crippen molar-refractivity contribution in [3.05, 3.63) is 95.6 Å². The Balaban J connectivity index is 1.46. The highest BCUT2D eigenvalue weighted by atomic mass is 16.5. The predicted octanol–water partition coefficient (Wildman–Crippen LogP) is 6.15. The number of ether oxygens (including phenoxy) is 2. The van der Waals surface area contributed by atoms with Crippen LogP contribution in [0.25, 0.3) is 0 Å². The van der Waals surface area contributed by atoms with Crippen molar-refractivity contribution in [3.8, 4) is 11.5 Å². The molecule has 0 aromatic heterocycles. The van der Waals surface area contributed by atoms with Crippen molar-refractivity contribution in [2.75, 3.05) is 6.61 Å². The van der Waals surface area contributed by atoms with Crippen LogP contribution in [0.3, 0.4) is 0 Å². The molecule has 0 spiro atoms. The molecule has 0 N–H and O–H groups in total. The summed E-state index contributed by atoms with van der Waals surface area (Å²) in [4.78, 5) is 0. The maximum absolute atomic E-state index is 6.42. The maximum atomic E-state index is 6.42. The van der Waals surface area contributed by atoms with Crippen molar-refractivity contribution in [3.63, 3.8) is 0 Å². The van der Waals surface area contributed by atoms with Gasteiger partial charge in [0.2, 0.25) is 0 Å². The van der Waals surface area contributed by atoms with Gasteiger partial charge in [-0.3, -0.25) is 0 Å². The third-order valence-corrected chi connectivity index (χ3v) is 5.11. The van der Waals surface area contributed by atoms with Crippen LogP contribution in [0.2, 0.25) is 0 Å². The Labute approximate surface area is 161 Å².